The van der Waals surface area contributed by atoms with E-state index in [0.29, 0.717) is 0 Å². The van der Waals surface area contributed by atoms with Gasteiger partial charge >= 0.3 is 0 Å². The summed E-state index contributed by atoms with van der Waals surface area (Å²) in [7, 11) is 0. The number of nitrogens with one attached hydrogen (secondary N) is 1. The Balaban J connectivity index is 2.06. The van der Waals surface area contributed by atoms with Gasteiger partial charge in [-0.2, -0.15) is 0 Å². The predicted molar refractivity (Wildman–Crippen MR) is 77.6 cm³/mol. The summed E-state index contributed by atoms with van der Waals surface area (Å²) in [6.07, 6.45) is 6.26. The van der Waals surface area contributed by atoms with Crippen molar-refractivity contribution < 1.29 is 4.79 Å². The molecule has 0 saturated heterocycles. The monoisotopic (exact) mass is 260 g/mol. The van der Waals surface area contributed by atoms with Gasteiger partial charge in [0, 0.05) is 0 Å². The average molecular weight is 260 g/mol. The highest BCUT2D eigenvalue weighted by Crippen LogP contribution is 2.32. The molecule has 3 heteroatoms. The van der Waals surface area contributed by atoms with E-state index in [4.69, 9.17) is 5.73 Å². The van der Waals surface area contributed by atoms with Gasteiger partial charge in [0.25, 0.3) is 0 Å². The molecule has 2 atom stereocenters. The van der Waals surface area contributed by atoms with Crippen LogP contribution in [0.4, 0.5) is 0 Å². The van der Waals surface area contributed by atoms with Crippen LogP contribution in [0.25, 0.3) is 0 Å². The Bertz CT molecular complexity index is 396. The summed E-state index contributed by atoms with van der Waals surface area (Å²) < 4.78 is 0. The molecular weight excluding hydrogens is 236 g/mol. The van der Waals surface area contributed by atoms with Crippen LogP contribution in [0.3, 0.4) is 0 Å². The number of nitrogens with two attached hydrogens (primary N) is 1. The van der Waals surface area contributed by atoms with E-state index >= 15 is 0 Å². The van der Waals surface area contributed by atoms with E-state index in [2.05, 4.69) is 17.4 Å². The van der Waals surface area contributed by atoms with Gasteiger partial charge in [0.2, 0.25) is 5.91 Å². The molecule has 104 valence electrons. The minimum atomic E-state index is -0.449. The minimum absolute atomic E-state index is 0.0631. The predicted octanol–water partition coefficient (Wildman–Crippen LogP) is 2.77. The van der Waals surface area contributed by atoms with Crippen molar-refractivity contribution in [3.05, 3.63) is 35.9 Å². The second-order valence-corrected chi connectivity index (χ2v) is 5.65. The summed E-state index contributed by atoms with van der Waals surface area (Å²) in [5.74, 6) is 0.672. The standard InChI is InChI=1S/C16H24N2O/c1-12(17)16(19)18-15(11-13-7-5-6-8-13)14-9-3-2-4-10-14/h2-4,9-10,12-13,15H,5-8,11,17H2,1H3,(H,18,19). The smallest absolute Gasteiger partial charge is 0.237 e. The van der Waals surface area contributed by atoms with Crippen molar-refractivity contribution in [3.63, 3.8) is 0 Å². The highest BCUT2D eigenvalue weighted by molar-refractivity contribution is 5.81. The maximum absolute atomic E-state index is 11.9. The van der Waals surface area contributed by atoms with E-state index in [1.54, 1.807) is 6.92 Å². The largest absolute Gasteiger partial charge is 0.348 e. The van der Waals surface area contributed by atoms with Crippen LogP contribution in [0.1, 0.15) is 50.6 Å². The Morgan fingerprint density at radius 3 is 2.53 bits per heavy atom. The Morgan fingerprint density at radius 1 is 1.32 bits per heavy atom. The molecule has 0 aliphatic heterocycles. The number of benzene rings is 1. The highest BCUT2D eigenvalue weighted by atomic mass is 16.2. The molecule has 0 bridgehead atoms. The molecule has 0 spiro atoms. The van der Waals surface area contributed by atoms with E-state index in [9.17, 15) is 4.79 Å². The van der Waals surface area contributed by atoms with Gasteiger partial charge in [-0.05, 0) is 24.8 Å². The van der Waals surface area contributed by atoms with Crippen molar-refractivity contribution in [2.75, 3.05) is 0 Å². The van der Waals surface area contributed by atoms with Crippen molar-refractivity contribution in [1.82, 2.24) is 5.32 Å². The van der Waals surface area contributed by atoms with Crippen LogP contribution < -0.4 is 11.1 Å². The first-order valence-corrected chi connectivity index (χ1v) is 7.27. The SMILES string of the molecule is CC(N)C(=O)NC(CC1CCCC1)c1ccccc1. The van der Waals surface area contributed by atoms with Crippen molar-refractivity contribution in [1.29, 1.82) is 0 Å². The molecule has 2 rings (SSSR count). The first-order chi connectivity index (χ1) is 9.16. The molecular formula is C16H24N2O. The van der Waals surface area contributed by atoms with Gasteiger partial charge in [-0.1, -0.05) is 56.0 Å². The lowest BCUT2D eigenvalue weighted by Crippen LogP contribution is -2.40. The van der Waals surface area contributed by atoms with Crippen molar-refractivity contribution >= 4 is 5.91 Å². The van der Waals surface area contributed by atoms with Crippen LogP contribution in [0.2, 0.25) is 0 Å². The number of carbonyl (C=O) groups is 1. The molecule has 0 heterocycles. The molecule has 3 nitrogen and oxygen atoms in total. The molecule has 0 aromatic heterocycles. The molecule has 1 aliphatic rings. The number of hydrogen-bond acceptors (Lipinski definition) is 2. The number of carbonyl (C=O) groups excluding carboxylic acids is 1. The molecule has 3 N–H and O–H groups in total. The Kier molecular flexibility index (Phi) is 4.97. The summed E-state index contributed by atoms with van der Waals surface area (Å²) in [6, 6.07) is 9.87. The zero-order chi connectivity index (χ0) is 13.7. The van der Waals surface area contributed by atoms with E-state index in [1.165, 1.54) is 31.2 Å². The fraction of sp³-hybridized carbons (Fsp3) is 0.562. The minimum Gasteiger partial charge on any atom is -0.348 e. The lowest BCUT2D eigenvalue weighted by Gasteiger charge is -2.23. The van der Waals surface area contributed by atoms with Gasteiger partial charge in [-0.3, -0.25) is 4.79 Å². The molecule has 19 heavy (non-hydrogen) atoms. The topological polar surface area (TPSA) is 55.1 Å². The third-order valence-corrected chi connectivity index (χ3v) is 3.98. The van der Waals surface area contributed by atoms with Crippen molar-refractivity contribution in [2.24, 2.45) is 11.7 Å². The summed E-state index contributed by atoms with van der Waals surface area (Å²) >= 11 is 0. The fourth-order valence-corrected chi connectivity index (χ4v) is 2.85. The first kappa shape index (κ1) is 14.1. The normalized spacial score (nSPS) is 19.1. The Morgan fingerprint density at radius 2 is 1.95 bits per heavy atom. The third-order valence-electron chi connectivity index (χ3n) is 3.98. The zero-order valence-corrected chi connectivity index (χ0v) is 11.6. The Hall–Kier alpha value is -1.35. The first-order valence-electron chi connectivity index (χ1n) is 7.27. The van der Waals surface area contributed by atoms with Gasteiger partial charge < -0.3 is 11.1 Å². The molecule has 1 saturated carbocycles. The third kappa shape index (κ3) is 4.06. The summed E-state index contributed by atoms with van der Waals surface area (Å²) in [5.41, 5.74) is 6.84. The summed E-state index contributed by atoms with van der Waals surface area (Å²) in [4.78, 5) is 11.9. The molecule has 1 aliphatic carbocycles. The number of amides is 1. The van der Waals surface area contributed by atoms with Crippen LogP contribution in [-0.2, 0) is 4.79 Å². The van der Waals surface area contributed by atoms with Crippen LogP contribution in [-0.4, -0.2) is 11.9 Å². The molecule has 0 radical (unpaired) electrons. The van der Waals surface area contributed by atoms with Crippen molar-refractivity contribution in [2.45, 2.75) is 51.1 Å². The second kappa shape index (κ2) is 6.71. The maximum Gasteiger partial charge on any atom is 0.237 e. The van der Waals surface area contributed by atoms with Gasteiger partial charge in [-0.15, -0.1) is 0 Å². The Labute approximate surface area is 115 Å². The molecule has 1 fully saturated rings. The van der Waals surface area contributed by atoms with Crippen molar-refractivity contribution in [3.8, 4) is 0 Å². The lowest BCUT2D eigenvalue weighted by atomic mass is 9.93. The fourth-order valence-electron chi connectivity index (χ4n) is 2.85. The molecule has 1 aromatic carbocycles. The average Bonchev–Trinajstić information content (AvgIpc) is 2.91. The quantitative estimate of drug-likeness (QED) is 0.855. The zero-order valence-electron chi connectivity index (χ0n) is 11.6. The summed E-state index contributed by atoms with van der Waals surface area (Å²) in [6.45, 7) is 1.73. The summed E-state index contributed by atoms with van der Waals surface area (Å²) in [5, 5.41) is 3.10. The van der Waals surface area contributed by atoms with Gasteiger partial charge in [0.05, 0.1) is 12.1 Å². The highest BCUT2D eigenvalue weighted by Gasteiger charge is 2.23. The van der Waals surface area contributed by atoms with Crippen LogP contribution >= 0.6 is 0 Å². The van der Waals surface area contributed by atoms with E-state index in [0.717, 1.165) is 12.3 Å². The van der Waals surface area contributed by atoms with Gasteiger partial charge in [-0.25, -0.2) is 0 Å². The van der Waals surface area contributed by atoms with E-state index in [-0.39, 0.29) is 11.9 Å². The van der Waals surface area contributed by atoms with Gasteiger partial charge in [0.15, 0.2) is 0 Å². The number of hydrogen-bond donors (Lipinski definition) is 2. The van der Waals surface area contributed by atoms with Gasteiger partial charge in [0.1, 0.15) is 0 Å². The second-order valence-electron chi connectivity index (χ2n) is 5.65. The van der Waals surface area contributed by atoms with E-state index < -0.39 is 6.04 Å². The van der Waals surface area contributed by atoms with E-state index in [1.807, 2.05) is 18.2 Å². The molecule has 1 aromatic rings. The molecule has 1 amide bonds. The molecule has 2 unspecified atom stereocenters. The van der Waals surface area contributed by atoms with Crippen LogP contribution in [0.5, 0.6) is 0 Å². The number of rotatable bonds is 5. The lowest BCUT2D eigenvalue weighted by molar-refractivity contribution is -0.122. The van der Waals surface area contributed by atoms with Crippen LogP contribution in [0, 0.1) is 5.92 Å². The maximum atomic E-state index is 11.9. The van der Waals surface area contributed by atoms with Crippen LogP contribution in [0.15, 0.2) is 30.3 Å².